The molecule has 0 N–H and O–H groups in total. The van der Waals surface area contributed by atoms with Crippen LogP contribution < -0.4 is 4.90 Å². The van der Waals surface area contributed by atoms with Gasteiger partial charge in [-0.2, -0.15) is 13.2 Å². The largest absolute Gasteiger partial charge is 0.496 e. The van der Waals surface area contributed by atoms with Gasteiger partial charge in [-0.1, -0.05) is 69.2 Å². The molecule has 0 aliphatic carbocycles. The lowest BCUT2D eigenvalue weighted by Crippen LogP contribution is -2.31. The van der Waals surface area contributed by atoms with Crippen molar-refractivity contribution in [3.8, 4) is 0 Å². The summed E-state index contributed by atoms with van der Waals surface area (Å²) in [5, 5.41) is 1.10. The number of carbonyl (C=O) groups is 1. The first-order chi connectivity index (χ1) is 20.2. The SMILES string of the molecule is CC1=C(OCCCCCCCCCCCCN2CCCN(c3ccnc4cc(C(F)(F)F)ccc34)CC2)C(C)SC1=O. The van der Waals surface area contributed by atoms with Gasteiger partial charge >= 0.3 is 6.18 Å². The quantitative estimate of drug-likeness (QED) is 0.190. The van der Waals surface area contributed by atoms with Gasteiger partial charge in [0, 0.05) is 42.5 Å². The average molecular weight is 606 g/mol. The standard InChI is InChI=1S/C33H46F3N3O2S/c1-25-31(26(2)42-32(25)40)41-23-12-10-8-6-4-3-5-7-9-11-18-38-19-13-20-39(22-21-38)30-16-17-37-29-24-27(33(34,35)36)14-15-28(29)30/h14-17,24,26H,3-13,18-23H2,1-2H3. The first kappa shape index (κ1) is 32.6. The Morgan fingerprint density at radius 3 is 2.29 bits per heavy atom. The van der Waals surface area contributed by atoms with E-state index in [2.05, 4.69) is 14.8 Å². The van der Waals surface area contributed by atoms with E-state index in [1.165, 1.54) is 69.5 Å². The molecular weight excluding hydrogens is 559 g/mol. The number of benzene rings is 1. The molecule has 2 aliphatic rings. The monoisotopic (exact) mass is 605 g/mol. The van der Waals surface area contributed by atoms with E-state index in [-0.39, 0.29) is 10.4 Å². The molecule has 4 rings (SSSR count). The summed E-state index contributed by atoms with van der Waals surface area (Å²) in [6.07, 6.45) is 10.8. The van der Waals surface area contributed by atoms with Crippen molar-refractivity contribution in [1.29, 1.82) is 0 Å². The van der Waals surface area contributed by atoms with Gasteiger partial charge < -0.3 is 14.5 Å². The van der Waals surface area contributed by atoms with Crippen LogP contribution in [0.2, 0.25) is 0 Å². The summed E-state index contributed by atoms with van der Waals surface area (Å²) < 4.78 is 45.3. The molecule has 2 aromatic rings. The Kier molecular flexibility index (Phi) is 12.4. The molecule has 42 heavy (non-hydrogen) atoms. The average Bonchev–Trinajstić information content (AvgIpc) is 3.11. The molecule has 9 heteroatoms. The molecule has 3 heterocycles. The Bertz CT molecular complexity index is 1200. The van der Waals surface area contributed by atoms with E-state index in [0.717, 1.165) is 80.1 Å². The first-order valence-corrected chi connectivity index (χ1v) is 16.6. The molecule has 0 amide bonds. The topological polar surface area (TPSA) is 45.7 Å². The van der Waals surface area contributed by atoms with Crippen molar-refractivity contribution in [2.45, 2.75) is 95.9 Å². The Labute approximate surface area is 253 Å². The number of rotatable bonds is 15. The summed E-state index contributed by atoms with van der Waals surface area (Å²) in [5.41, 5.74) is 1.51. The highest BCUT2D eigenvalue weighted by Gasteiger charge is 2.31. The predicted octanol–water partition coefficient (Wildman–Crippen LogP) is 8.62. The summed E-state index contributed by atoms with van der Waals surface area (Å²) in [5.74, 6) is 0.884. The molecule has 1 atom stereocenters. The van der Waals surface area contributed by atoms with Crippen LogP contribution in [0, 0.1) is 0 Å². The number of carbonyl (C=O) groups excluding carboxylic acids is 1. The third-order valence-corrected chi connectivity index (χ3v) is 9.52. The fourth-order valence-electron chi connectivity index (χ4n) is 5.99. The highest BCUT2D eigenvalue weighted by molar-refractivity contribution is 8.15. The molecule has 2 aliphatic heterocycles. The number of anilines is 1. The van der Waals surface area contributed by atoms with Crippen LogP contribution in [-0.4, -0.2) is 59.6 Å². The van der Waals surface area contributed by atoms with Gasteiger partial charge in [-0.25, -0.2) is 0 Å². The van der Waals surface area contributed by atoms with Gasteiger partial charge in [0.1, 0.15) is 5.76 Å². The van der Waals surface area contributed by atoms with Crippen LogP contribution in [0.25, 0.3) is 10.9 Å². The van der Waals surface area contributed by atoms with E-state index in [4.69, 9.17) is 4.74 Å². The van der Waals surface area contributed by atoms with Crippen molar-refractivity contribution in [2.24, 2.45) is 0 Å². The zero-order valence-electron chi connectivity index (χ0n) is 25.2. The highest BCUT2D eigenvalue weighted by Crippen LogP contribution is 2.35. The fraction of sp³-hybridized carbons (Fsp3) is 0.636. The second-order valence-electron chi connectivity index (χ2n) is 11.7. The molecular formula is C33H46F3N3O2S. The van der Waals surface area contributed by atoms with Gasteiger partial charge in [0.05, 0.1) is 22.9 Å². The van der Waals surface area contributed by atoms with Crippen LogP contribution in [0.15, 0.2) is 41.8 Å². The number of pyridine rings is 1. The zero-order chi connectivity index (χ0) is 30.0. The van der Waals surface area contributed by atoms with Gasteiger partial charge in [0.25, 0.3) is 0 Å². The summed E-state index contributed by atoms with van der Waals surface area (Å²) in [4.78, 5) is 20.8. The minimum Gasteiger partial charge on any atom is -0.496 e. The third kappa shape index (κ3) is 9.37. The summed E-state index contributed by atoms with van der Waals surface area (Å²) in [7, 11) is 0. The summed E-state index contributed by atoms with van der Waals surface area (Å²) >= 11 is 1.36. The van der Waals surface area contributed by atoms with Crippen LogP contribution in [0.1, 0.15) is 90.0 Å². The number of hydrogen-bond donors (Lipinski definition) is 0. The second-order valence-corrected chi connectivity index (χ2v) is 13.0. The Morgan fingerprint density at radius 2 is 1.62 bits per heavy atom. The molecule has 5 nitrogen and oxygen atoms in total. The second kappa shape index (κ2) is 16.0. The molecule has 1 unspecified atom stereocenters. The Morgan fingerprint density at radius 1 is 0.929 bits per heavy atom. The lowest BCUT2D eigenvalue weighted by Gasteiger charge is -2.25. The van der Waals surface area contributed by atoms with E-state index < -0.39 is 11.7 Å². The van der Waals surface area contributed by atoms with Gasteiger partial charge in [0.2, 0.25) is 5.12 Å². The number of thioether (sulfide) groups is 1. The first-order valence-electron chi connectivity index (χ1n) is 15.7. The molecule has 1 aromatic heterocycles. The van der Waals surface area contributed by atoms with Gasteiger partial charge in [0.15, 0.2) is 0 Å². The van der Waals surface area contributed by atoms with Gasteiger partial charge in [-0.15, -0.1) is 0 Å². The molecule has 1 aromatic carbocycles. The van der Waals surface area contributed by atoms with E-state index in [0.29, 0.717) is 12.1 Å². The molecule has 0 spiro atoms. The van der Waals surface area contributed by atoms with Crippen LogP contribution in [0.5, 0.6) is 0 Å². The van der Waals surface area contributed by atoms with Crippen molar-refractivity contribution in [2.75, 3.05) is 44.2 Å². The maximum absolute atomic E-state index is 13.1. The Balaban J connectivity index is 1.04. The number of aromatic nitrogens is 1. The number of alkyl halides is 3. The maximum atomic E-state index is 13.1. The number of nitrogens with zero attached hydrogens (tertiary/aromatic N) is 3. The third-order valence-electron chi connectivity index (χ3n) is 8.43. The minimum atomic E-state index is -4.36. The minimum absolute atomic E-state index is 0.153. The summed E-state index contributed by atoms with van der Waals surface area (Å²) in [6.45, 7) is 9.55. The van der Waals surface area contributed by atoms with Crippen molar-refractivity contribution in [1.82, 2.24) is 9.88 Å². The zero-order valence-corrected chi connectivity index (χ0v) is 26.0. The molecule has 0 saturated carbocycles. The van der Waals surface area contributed by atoms with Gasteiger partial charge in [-0.3, -0.25) is 9.78 Å². The van der Waals surface area contributed by atoms with E-state index in [1.54, 1.807) is 12.3 Å². The molecule has 1 saturated heterocycles. The predicted molar refractivity (Wildman–Crippen MR) is 167 cm³/mol. The van der Waals surface area contributed by atoms with Crippen molar-refractivity contribution < 1.29 is 22.7 Å². The number of hydrogen-bond acceptors (Lipinski definition) is 6. The molecule has 0 bridgehead atoms. The van der Waals surface area contributed by atoms with Crippen molar-refractivity contribution in [3.63, 3.8) is 0 Å². The smallest absolute Gasteiger partial charge is 0.416 e. The van der Waals surface area contributed by atoms with Gasteiger partial charge in [-0.05, 0) is 64.4 Å². The number of halogens is 3. The molecule has 232 valence electrons. The molecule has 0 radical (unpaired) electrons. The van der Waals surface area contributed by atoms with E-state index in [1.807, 2.05) is 19.9 Å². The van der Waals surface area contributed by atoms with Crippen LogP contribution in [0.3, 0.4) is 0 Å². The van der Waals surface area contributed by atoms with E-state index >= 15 is 0 Å². The van der Waals surface area contributed by atoms with Crippen molar-refractivity contribution >= 4 is 33.5 Å². The number of ether oxygens (including phenoxy) is 1. The van der Waals surface area contributed by atoms with E-state index in [9.17, 15) is 18.0 Å². The van der Waals surface area contributed by atoms with Crippen molar-refractivity contribution in [3.05, 3.63) is 47.4 Å². The lowest BCUT2D eigenvalue weighted by atomic mass is 10.1. The maximum Gasteiger partial charge on any atom is 0.416 e. The van der Waals surface area contributed by atoms with Crippen LogP contribution >= 0.6 is 11.8 Å². The number of fused-ring (bicyclic) bond motifs is 1. The summed E-state index contributed by atoms with van der Waals surface area (Å²) in [6, 6.07) is 5.82. The molecule has 1 fully saturated rings. The van der Waals surface area contributed by atoms with Crippen LogP contribution in [0.4, 0.5) is 18.9 Å². The normalized spacial score (nSPS) is 18.7. The Hall–Kier alpha value is -2.26. The highest BCUT2D eigenvalue weighted by atomic mass is 32.2. The van der Waals surface area contributed by atoms with Crippen LogP contribution in [-0.2, 0) is 15.7 Å². The fourth-order valence-corrected chi connectivity index (χ4v) is 6.94. The number of unbranched alkanes of at least 4 members (excludes halogenated alkanes) is 9. The lowest BCUT2D eigenvalue weighted by molar-refractivity contribution is -0.137.